The molecule has 6 nitrogen and oxygen atoms in total. The van der Waals surface area contributed by atoms with Gasteiger partial charge in [-0.05, 0) is 40.0 Å². The van der Waals surface area contributed by atoms with E-state index in [9.17, 15) is 9.59 Å². The lowest BCUT2D eigenvalue weighted by Gasteiger charge is -2.21. The molecule has 1 amide bonds. The van der Waals surface area contributed by atoms with Gasteiger partial charge in [-0.1, -0.05) is 0 Å². The second-order valence-electron chi connectivity index (χ2n) is 5.38. The monoisotopic (exact) mass is 278 g/mol. The number of hydrogen-bond acceptors (Lipinski definition) is 4. The summed E-state index contributed by atoms with van der Waals surface area (Å²) in [5.74, 6) is 0.624. The van der Waals surface area contributed by atoms with Crippen LogP contribution in [0.3, 0.4) is 0 Å². The summed E-state index contributed by atoms with van der Waals surface area (Å²) in [6, 6.07) is -0.451. The van der Waals surface area contributed by atoms with Crippen LogP contribution in [-0.4, -0.2) is 28.5 Å². The van der Waals surface area contributed by atoms with Gasteiger partial charge in [0, 0.05) is 18.3 Å². The molecule has 1 saturated heterocycles. The fourth-order valence-electron chi connectivity index (χ4n) is 2.73. The molecule has 2 heterocycles. The number of aromatic amines is 1. The molecule has 0 spiro atoms. The number of nitrogens with one attached hydrogen (secondary N) is 3. The van der Waals surface area contributed by atoms with Gasteiger partial charge in [0.25, 0.3) is 5.56 Å². The first-order valence-electron chi connectivity index (χ1n) is 7.10. The second-order valence-corrected chi connectivity index (χ2v) is 5.38. The van der Waals surface area contributed by atoms with Gasteiger partial charge in [-0.2, -0.15) is 0 Å². The molecule has 0 bridgehead atoms. The highest BCUT2D eigenvalue weighted by Crippen LogP contribution is 2.14. The van der Waals surface area contributed by atoms with Crippen LogP contribution in [-0.2, 0) is 4.79 Å². The van der Waals surface area contributed by atoms with Gasteiger partial charge < -0.3 is 10.3 Å². The van der Waals surface area contributed by atoms with Crippen LogP contribution in [0.2, 0.25) is 0 Å². The van der Waals surface area contributed by atoms with Gasteiger partial charge >= 0.3 is 0 Å². The highest BCUT2D eigenvalue weighted by atomic mass is 16.2. The van der Waals surface area contributed by atoms with Gasteiger partial charge in [-0.15, -0.1) is 0 Å². The summed E-state index contributed by atoms with van der Waals surface area (Å²) < 4.78 is 0. The zero-order valence-corrected chi connectivity index (χ0v) is 12.2. The summed E-state index contributed by atoms with van der Waals surface area (Å²) in [5.41, 5.74) is 1.18. The number of H-pyrrole nitrogens is 1. The highest BCUT2D eigenvalue weighted by molar-refractivity contribution is 5.81. The maximum atomic E-state index is 12.1. The van der Waals surface area contributed by atoms with Gasteiger partial charge in [-0.25, -0.2) is 4.98 Å². The Kier molecular flexibility index (Phi) is 4.54. The largest absolute Gasteiger partial charge is 0.355 e. The van der Waals surface area contributed by atoms with Gasteiger partial charge in [0.05, 0.1) is 11.6 Å². The lowest BCUT2D eigenvalue weighted by molar-refractivity contribution is -0.123. The van der Waals surface area contributed by atoms with Crippen molar-refractivity contribution in [3.63, 3.8) is 0 Å². The smallest absolute Gasteiger partial charge is 0.255 e. The number of carbonyl (C=O) groups excluding carboxylic acids is 1. The second kappa shape index (κ2) is 6.17. The molecule has 2 unspecified atom stereocenters. The van der Waals surface area contributed by atoms with E-state index in [1.165, 1.54) is 0 Å². The number of aryl methyl sites for hydroxylation is 2. The predicted octanol–water partition coefficient (Wildman–Crippen LogP) is 0.706. The Morgan fingerprint density at radius 1 is 1.30 bits per heavy atom. The molecule has 1 aromatic heterocycles. The van der Waals surface area contributed by atoms with Crippen molar-refractivity contribution in [3.05, 3.63) is 27.4 Å². The maximum absolute atomic E-state index is 12.1. The van der Waals surface area contributed by atoms with E-state index < -0.39 is 0 Å². The van der Waals surface area contributed by atoms with E-state index in [4.69, 9.17) is 0 Å². The average Bonchev–Trinajstić information content (AvgIpc) is 2.53. The van der Waals surface area contributed by atoms with Gasteiger partial charge in [0.1, 0.15) is 5.82 Å². The number of aromatic nitrogens is 2. The molecule has 0 radical (unpaired) electrons. The number of hydrogen-bond donors (Lipinski definition) is 3. The molecule has 1 fully saturated rings. The van der Waals surface area contributed by atoms with Crippen molar-refractivity contribution in [2.75, 3.05) is 6.54 Å². The Morgan fingerprint density at radius 2 is 2.05 bits per heavy atom. The number of rotatable bonds is 3. The van der Waals surface area contributed by atoms with E-state index in [0.717, 1.165) is 25.8 Å². The standard InChI is InChI=1S/C14H22N4O2/c1-8-12(14(20)18-10(3)16-8)9(2)17-11-6-4-5-7-15-13(11)19/h9,11,17H,4-7H2,1-3H3,(H,15,19)(H,16,18,20). The summed E-state index contributed by atoms with van der Waals surface area (Å²) in [6.45, 7) is 6.21. The van der Waals surface area contributed by atoms with Crippen LogP contribution in [0.5, 0.6) is 0 Å². The molecule has 6 heteroatoms. The molecule has 0 saturated carbocycles. The molecule has 0 aliphatic carbocycles. The predicted molar refractivity (Wildman–Crippen MR) is 76.5 cm³/mol. The van der Waals surface area contributed by atoms with Crippen LogP contribution in [0.15, 0.2) is 4.79 Å². The Bertz CT molecular complexity index is 553. The minimum absolute atomic E-state index is 0.0171. The number of amides is 1. The van der Waals surface area contributed by atoms with Gasteiger partial charge in [0.15, 0.2) is 0 Å². The molecule has 3 N–H and O–H groups in total. The van der Waals surface area contributed by atoms with Crippen LogP contribution < -0.4 is 16.2 Å². The molecule has 1 aliphatic rings. The molecule has 110 valence electrons. The minimum atomic E-state index is -0.243. The SMILES string of the molecule is Cc1nc(C)c(C(C)NC2CCCCNC2=O)c(=O)[nH]1. The molecule has 2 atom stereocenters. The van der Waals surface area contributed by atoms with Crippen LogP contribution >= 0.6 is 0 Å². The Morgan fingerprint density at radius 3 is 2.75 bits per heavy atom. The summed E-state index contributed by atoms with van der Waals surface area (Å²) in [5, 5.41) is 6.14. The summed E-state index contributed by atoms with van der Waals surface area (Å²) in [7, 11) is 0. The lowest BCUT2D eigenvalue weighted by Crippen LogP contribution is -2.44. The van der Waals surface area contributed by atoms with E-state index >= 15 is 0 Å². The van der Waals surface area contributed by atoms with Crippen LogP contribution in [0.25, 0.3) is 0 Å². The quantitative estimate of drug-likeness (QED) is 0.760. The van der Waals surface area contributed by atoms with Crippen molar-refractivity contribution in [2.45, 2.75) is 52.1 Å². The molecule has 1 aromatic rings. The van der Waals surface area contributed by atoms with Crippen molar-refractivity contribution >= 4 is 5.91 Å². The average molecular weight is 278 g/mol. The first-order chi connectivity index (χ1) is 9.49. The van der Waals surface area contributed by atoms with Crippen molar-refractivity contribution in [1.29, 1.82) is 0 Å². The third-order valence-corrected chi connectivity index (χ3v) is 3.68. The highest BCUT2D eigenvalue weighted by Gasteiger charge is 2.24. The number of carbonyl (C=O) groups is 1. The van der Waals surface area contributed by atoms with E-state index in [1.807, 2.05) is 13.8 Å². The molecular weight excluding hydrogens is 256 g/mol. The zero-order chi connectivity index (χ0) is 14.7. The summed E-state index contributed by atoms with van der Waals surface area (Å²) in [4.78, 5) is 31.0. The van der Waals surface area contributed by atoms with Crippen molar-refractivity contribution in [2.24, 2.45) is 0 Å². The van der Waals surface area contributed by atoms with Crippen LogP contribution in [0, 0.1) is 13.8 Å². The van der Waals surface area contributed by atoms with Gasteiger partial charge in [0.2, 0.25) is 5.91 Å². The zero-order valence-electron chi connectivity index (χ0n) is 12.2. The molecule has 2 rings (SSSR count). The van der Waals surface area contributed by atoms with Crippen LogP contribution in [0.1, 0.15) is 49.3 Å². The molecule has 20 heavy (non-hydrogen) atoms. The third-order valence-electron chi connectivity index (χ3n) is 3.68. The van der Waals surface area contributed by atoms with E-state index in [-0.39, 0.29) is 23.6 Å². The lowest BCUT2D eigenvalue weighted by atomic mass is 10.1. The normalized spacial score (nSPS) is 21.1. The van der Waals surface area contributed by atoms with Gasteiger partial charge in [-0.3, -0.25) is 14.9 Å². The Labute approximate surface area is 118 Å². The first kappa shape index (κ1) is 14.7. The summed E-state index contributed by atoms with van der Waals surface area (Å²) >= 11 is 0. The topological polar surface area (TPSA) is 86.9 Å². The molecule has 0 aromatic carbocycles. The maximum Gasteiger partial charge on any atom is 0.255 e. The summed E-state index contributed by atoms with van der Waals surface area (Å²) in [6.07, 6.45) is 2.81. The van der Waals surface area contributed by atoms with Crippen molar-refractivity contribution < 1.29 is 4.79 Å². The Hall–Kier alpha value is -1.69. The van der Waals surface area contributed by atoms with E-state index in [0.29, 0.717) is 17.1 Å². The van der Waals surface area contributed by atoms with Crippen molar-refractivity contribution in [3.8, 4) is 0 Å². The minimum Gasteiger partial charge on any atom is -0.355 e. The van der Waals surface area contributed by atoms with Crippen molar-refractivity contribution in [1.82, 2.24) is 20.6 Å². The number of nitrogens with zero attached hydrogens (tertiary/aromatic N) is 1. The fraction of sp³-hybridized carbons (Fsp3) is 0.643. The first-order valence-corrected chi connectivity index (χ1v) is 7.10. The van der Waals surface area contributed by atoms with Crippen LogP contribution in [0.4, 0.5) is 0 Å². The molecular formula is C14H22N4O2. The Balaban J connectivity index is 2.17. The van der Waals surface area contributed by atoms with E-state index in [1.54, 1.807) is 6.92 Å². The third kappa shape index (κ3) is 3.25. The fourth-order valence-corrected chi connectivity index (χ4v) is 2.73. The van der Waals surface area contributed by atoms with E-state index in [2.05, 4.69) is 20.6 Å². The molecule has 1 aliphatic heterocycles.